The lowest BCUT2D eigenvalue weighted by atomic mass is 9.97. The van der Waals surface area contributed by atoms with E-state index in [2.05, 4.69) is 0 Å². The van der Waals surface area contributed by atoms with Crippen LogP contribution in [0.1, 0.15) is 55.4 Å². The molecule has 1 rings (SSSR count). The molecule has 1 N–H and O–H groups in total. The monoisotopic (exact) mass is 460 g/mol. The van der Waals surface area contributed by atoms with E-state index in [0.717, 1.165) is 0 Å². The Morgan fingerprint density at radius 1 is 0.656 bits per heavy atom. The van der Waals surface area contributed by atoms with E-state index < -0.39 is 78.3 Å². The van der Waals surface area contributed by atoms with Crippen molar-refractivity contribution in [2.75, 3.05) is 6.61 Å². The third-order valence-electron chi connectivity index (χ3n) is 4.64. The second-order valence-corrected chi connectivity index (χ2v) is 9.02. The maximum atomic E-state index is 12.4. The van der Waals surface area contributed by atoms with Crippen LogP contribution in [-0.2, 0) is 42.9 Å². The van der Waals surface area contributed by atoms with Gasteiger partial charge >= 0.3 is 23.9 Å². The van der Waals surface area contributed by atoms with E-state index in [-0.39, 0.29) is 6.61 Å². The minimum absolute atomic E-state index is 0.370. The average Bonchev–Trinajstić information content (AvgIpc) is 2.69. The molecular formula is C22H36O10. The molecule has 0 aromatic rings. The summed E-state index contributed by atoms with van der Waals surface area (Å²) in [5.74, 6) is -4.51. The quantitative estimate of drug-likeness (QED) is 0.399. The number of hydrogen-bond donors (Lipinski definition) is 1. The van der Waals surface area contributed by atoms with Gasteiger partial charge in [0.2, 0.25) is 0 Å². The van der Waals surface area contributed by atoms with E-state index in [4.69, 9.17) is 23.7 Å². The predicted molar refractivity (Wildman–Crippen MR) is 111 cm³/mol. The van der Waals surface area contributed by atoms with Crippen molar-refractivity contribution < 1.29 is 48.0 Å². The molecular weight excluding hydrogens is 424 g/mol. The Labute approximate surface area is 188 Å². The van der Waals surface area contributed by atoms with Gasteiger partial charge in [-0.1, -0.05) is 55.4 Å². The molecule has 0 aliphatic carbocycles. The summed E-state index contributed by atoms with van der Waals surface area (Å²) < 4.78 is 27.1. The number of rotatable bonds is 9. The van der Waals surface area contributed by atoms with Gasteiger partial charge in [0.25, 0.3) is 0 Å². The first-order valence-corrected chi connectivity index (χ1v) is 10.9. The van der Waals surface area contributed by atoms with Gasteiger partial charge in [-0.3, -0.25) is 19.2 Å². The Kier molecular flexibility index (Phi) is 10.6. The van der Waals surface area contributed by atoms with Crippen molar-refractivity contribution in [1.82, 2.24) is 0 Å². The zero-order valence-corrected chi connectivity index (χ0v) is 20.0. The van der Waals surface area contributed by atoms with Gasteiger partial charge in [-0.15, -0.1) is 0 Å². The molecule has 0 amide bonds. The van der Waals surface area contributed by atoms with Gasteiger partial charge in [0, 0.05) is 0 Å². The van der Waals surface area contributed by atoms with Crippen LogP contribution in [0.25, 0.3) is 0 Å². The Morgan fingerprint density at radius 2 is 1.03 bits per heavy atom. The normalized spacial score (nSPS) is 25.7. The zero-order chi connectivity index (χ0) is 24.7. The Bertz CT molecular complexity index is 670. The van der Waals surface area contributed by atoms with Crippen molar-refractivity contribution in [1.29, 1.82) is 0 Å². The lowest BCUT2D eigenvalue weighted by molar-refractivity contribution is -0.298. The van der Waals surface area contributed by atoms with Crippen molar-refractivity contribution in [3.63, 3.8) is 0 Å². The maximum absolute atomic E-state index is 12.4. The van der Waals surface area contributed by atoms with Crippen LogP contribution in [-0.4, -0.2) is 66.3 Å². The molecule has 0 radical (unpaired) electrons. The van der Waals surface area contributed by atoms with Crippen LogP contribution in [0.4, 0.5) is 0 Å². The van der Waals surface area contributed by atoms with Crippen molar-refractivity contribution in [3.8, 4) is 0 Å². The second-order valence-electron chi connectivity index (χ2n) is 9.02. The summed E-state index contributed by atoms with van der Waals surface area (Å²) in [5.41, 5.74) is 0. The Morgan fingerprint density at radius 3 is 1.44 bits per heavy atom. The number of carbonyl (C=O) groups excluding carboxylic acids is 4. The molecule has 1 aliphatic heterocycles. The zero-order valence-electron chi connectivity index (χ0n) is 20.0. The van der Waals surface area contributed by atoms with Crippen molar-refractivity contribution in [2.45, 2.75) is 86.1 Å². The van der Waals surface area contributed by atoms with Crippen LogP contribution in [0, 0.1) is 23.7 Å². The summed E-state index contributed by atoms with van der Waals surface area (Å²) >= 11 is 0. The number of hydrogen-bond acceptors (Lipinski definition) is 10. The minimum Gasteiger partial charge on any atom is -0.463 e. The molecule has 184 valence electrons. The largest absolute Gasteiger partial charge is 0.463 e. The van der Waals surface area contributed by atoms with Gasteiger partial charge in [-0.05, 0) is 0 Å². The lowest BCUT2D eigenvalue weighted by Crippen LogP contribution is -2.63. The molecule has 0 bridgehead atoms. The highest BCUT2D eigenvalue weighted by molar-refractivity contribution is 5.74. The number of aliphatic hydroxyl groups excluding tert-OH is 1. The number of ether oxygens (including phenoxy) is 5. The lowest BCUT2D eigenvalue weighted by Gasteiger charge is -2.43. The fourth-order valence-electron chi connectivity index (χ4n) is 2.57. The molecule has 1 fully saturated rings. The topological polar surface area (TPSA) is 135 Å². The molecule has 1 aliphatic rings. The van der Waals surface area contributed by atoms with Crippen molar-refractivity contribution >= 4 is 23.9 Å². The summed E-state index contributed by atoms with van der Waals surface area (Å²) in [6.07, 6.45) is -6.98. The molecule has 5 atom stereocenters. The van der Waals surface area contributed by atoms with Crippen molar-refractivity contribution in [3.05, 3.63) is 0 Å². The van der Waals surface area contributed by atoms with Gasteiger partial charge in [0.1, 0.15) is 12.7 Å². The van der Waals surface area contributed by atoms with Gasteiger partial charge in [-0.2, -0.15) is 0 Å². The van der Waals surface area contributed by atoms with Crippen LogP contribution < -0.4 is 0 Å². The van der Waals surface area contributed by atoms with E-state index in [9.17, 15) is 24.3 Å². The van der Waals surface area contributed by atoms with Gasteiger partial charge in [0.15, 0.2) is 24.6 Å². The summed E-state index contributed by atoms with van der Waals surface area (Å²) in [4.78, 5) is 48.9. The molecule has 0 unspecified atom stereocenters. The molecule has 0 spiro atoms. The molecule has 1 heterocycles. The fourth-order valence-corrected chi connectivity index (χ4v) is 2.57. The summed E-state index contributed by atoms with van der Waals surface area (Å²) in [6.45, 7) is 12.5. The first-order chi connectivity index (χ1) is 14.8. The standard InChI is InChI=1S/C22H36O10/c1-10(2)18(23)28-9-14-15(30-19(24)11(3)4)16(31-20(25)12(5)6)17(22(27)29-14)32-21(26)13(7)8/h10-17,22,27H,9H2,1-8H3/t14-,15-,16+,17-,22+/m1/s1. The van der Waals surface area contributed by atoms with Crippen LogP contribution in [0.15, 0.2) is 0 Å². The number of carbonyl (C=O) groups is 4. The SMILES string of the molecule is CC(C)C(=O)OC[C@H]1O[C@H](O)[C@H](OC(=O)C(C)C)[C@@H](OC(=O)C(C)C)[C@@H]1OC(=O)C(C)C. The van der Waals surface area contributed by atoms with E-state index in [1.54, 1.807) is 55.4 Å². The second kappa shape index (κ2) is 12.2. The van der Waals surface area contributed by atoms with Crippen LogP contribution in [0.3, 0.4) is 0 Å². The van der Waals surface area contributed by atoms with Gasteiger partial charge in [-0.25, -0.2) is 0 Å². The maximum Gasteiger partial charge on any atom is 0.308 e. The van der Waals surface area contributed by atoms with E-state index in [1.165, 1.54) is 0 Å². The molecule has 0 aromatic heterocycles. The highest BCUT2D eigenvalue weighted by atomic mass is 16.7. The van der Waals surface area contributed by atoms with Crippen LogP contribution in [0.5, 0.6) is 0 Å². The molecule has 10 heteroatoms. The van der Waals surface area contributed by atoms with Crippen LogP contribution >= 0.6 is 0 Å². The third-order valence-corrected chi connectivity index (χ3v) is 4.64. The molecule has 0 aromatic carbocycles. The average molecular weight is 461 g/mol. The summed E-state index contributed by atoms with van der Waals surface area (Å²) in [5, 5.41) is 10.6. The van der Waals surface area contributed by atoms with Gasteiger partial charge in [0.05, 0.1) is 23.7 Å². The predicted octanol–water partition coefficient (Wildman–Crippen LogP) is 1.61. The first-order valence-electron chi connectivity index (χ1n) is 10.9. The van der Waals surface area contributed by atoms with Gasteiger partial charge < -0.3 is 28.8 Å². The van der Waals surface area contributed by atoms with Crippen LogP contribution in [0.2, 0.25) is 0 Å². The number of esters is 4. The minimum atomic E-state index is -1.71. The number of aliphatic hydroxyl groups is 1. The molecule has 0 saturated carbocycles. The van der Waals surface area contributed by atoms with E-state index in [0.29, 0.717) is 0 Å². The molecule has 10 nitrogen and oxygen atoms in total. The Hall–Kier alpha value is -2.20. The highest BCUT2D eigenvalue weighted by Gasteiger charge is 2.52. The molecule has 1 saturated heterocycles. The van der Waals surface area contributed by atoms with E-state index >= 15 is 0 Å². The Balaban J connectivity index is 3.32. The molecule has 32 heavy (non-hydrogen) atoms. The van der Waals surface area contributed by atoms with Crippen molar-refractivity contribution in [2.24, 2.45) is 23.7 Å². The van der Waals surface area contributed by atoms with E-state index in [1.807, 2.05) is 0 Å². The smallest absolute Gasteiger partial charge is 0.308 e. The summed E-state index contributed by atoms with van der Waals surface area (Å²) in [6, 6.07) is 0. The highest BCUT2D eigenvalue weighted by Crippen LogP contribution is 2.29. The fraction of sp³-hybridized carbons (Fsp3) is 0.818. The third kappa shape index (κ3) is 7.74. The first kappa shape index (κ1) is 27.8. The summed E-state index contributed by atoms with van der Waals surface area (Å²) in [7, 11) is 0.